The third-order valence-electron chi connectivity index (χ3n) is 2.48. The quantitative estimate of drug-likeness (QED) is 0.906. The Balaban J connectivity index is 2.41. The van der Waals surface area contributed by atoms with Crippen molar-refractivity contribution in [3.63, 3.8) is 0 Å². The maximum absolute atomic E-state index is 12.2. The molecule has 0 radical (unpaired) electrons. The van der Waals surface area contributed by atoms with Crippen molar-refractivity contribution in [2.75, 3.05) is 11.8 Å². The number of anilines is 1. The van der Waals surface area contributed by atoms with Crippen LogP contribution in [0.15, 0.2) is 29.3 Å². The molecule has 0 bridgehead atoms. The summed E-state index contributed by atoms with van der Waals surface area (Å²) in [6.07, 6.45) is 1.24. The number of methoxy groups -OCH3 is 1. The molecule has 102 valence electrons. The lowest BCUT2D eigenvalue weighted by molar-refractivity contribution is 0.417. The highest BCUT2D eigenvalue weighted by Crippen LogP contribution is 2.29. The van der Waals surface area contributed by atoms with Gasteiger partial charge in [-0.15, -0.1) is 0 Å². The highest BCUT2D eigenvalue weighted by atomic mass is 35.5. The van der Waals surface area contributed by atoms with E-state index in [-0.39, 0.29) is 10.6 Å². The van der Waals surface area contributed by atoms with E-state index in [1.54, 1.807) is 19.1 Å². The molecule has 0 aliphatic rings. The predicted molar refractivity (Wildman–Crippen MR) is 72.1 cm³/mol. The molecule has 1 aromatic heterocycles. The third-order valence-corrected chi connectivity index (χ3v) is 4.19. The maximum atomic E-state index is 12.2. The molecule has 8 heteroatoms. The number of H-pyrrole nitrogens is 1. The summed E-state index contributed by atoms with van der Waals surface area (Å²) in [5.74, 6) is 0.383. The van der Waals surface area contributed by atoms with Gasteiger partial charge in [0.2, 0.25) is 0 Å². The lowest BCUT2D eigenvalue weighted by atomic mass is 10.3. The predicted octanol–water partition coefficient (Wildman–Crippen LogP) is 2.18. The summed E-state index contributed by atoms with van der Waals surface area (Å²) in [7, 11) is -2.28. The van der Waals surface area contributed by atoms with Crippen molar-refractivity contribution >= 4 is 27.3 Å². The molecule has 2 aromatic rings. The largest absolute Gasteiger partial charge is 0.495 e. The Morgan fingerprint density at radius 3 is 2.74 bits per heavy atom. The fourth-order valence-corrected chi connectivity index (χ4v) is 2.94. The molecular weight excluding hydrogens is 290 g/mol. The molecule has 0 spiro atoms. The van der Waals surface area contributed by atoms with Crippen LogP contribution >= 0.6 is 11.6 Å². The van der Waals surface area contributed by atoms with E-state index in [9.17, 15) is 8.42 Å². The summed E-state index contributed by atoms with van der Waals surface area (Å²) in [4.78, 5) is 0.0783. The van der Waals surface area contributed by atoms with Gasteiger partial charge in [0.05, 0.1) is 24.7 Å². The number of hydrogen-bond acceptors (Lipinski definition) is 4. The van der Waals surface area contributed by atoms with Gasteiger partial charge in [0.1, 0.15) is 10.6 Å². The summed E-state index contributed by atoms with van der Waals surface area (Å²) < 4.78 is 31.9. The van der Waals surface area contributed by atoms with Gasteiger partial charge in [-0.25, -0.2) is 8.42 Å². The number of rotatable bonds is 4. The lowest BCUT2D eigenvalue weighted by Gasteiger charge is -2.11. The van der Waals surface area contributed by atoms with Gasteiger partial charge in [0, 0.05) is 5.02 Å². The first-order chi connectivity index (χ1) is 8.94. The average molecular weight is 302 g/mol. The highest BCUT2D eigenvalue weighted by molar-refractivity contribution is 7.92. The first-order valence-electron chi connectivity index (χ1n) is 5.30. The van der Waals surface area contributed by atoms with Gasteiger partial charge in [-0.3, -0.25) is 9.82 Å². The molecule has 6 nitrogen and oxygen atoms in total. The Morgan fingerprint density at radius 2 is 2.16 bits per heavy atom. The minimum absolute atomic E-state index is 0.0783. The minimum Gasteiger partial charge on any atom is -0.495 e. The van der Waals surface area contributed by atoms with Crippen LogP contribution < -0.4 is 9.46 Å². The zero-order valence-corrected chi connectivity index (χ0v) is 11.8. The number of ether oxygens (including phenoxy) is 1. The minimum atomic E-state index is -3.73. The van der Waals surface area contributed by atoms with Crippen LogP contribution in [0.25, 0.3) is 0 Å². The van der Waals surface area contributed by atoms with Gasteiger partial charge in [0.15, 0.2) is 0 Å². The number of aromatic nitrogens is 2. The van der Waals surface area contributed by atoms with Crippen LogP contribution in [0.1, 0.15) is 5.69 Å². The van der Waals surface area contributed by atoms with Crippen molar-refractivity contribution in [3.8, 4) is 5.75 Å². The van der Waals surface area contributed by atoms with E-state index in [1.165, 1.54) is 19.4 Å². The standard InChI is InChI=1S/C11H12ClN3O3S/c1-7-11(6-13-14-7)19(16,17)15-9-5-8(12)3-4-10(9)18-2/h3-6,15H,1-2H3,(H,13,14). The normalized spacial score (nSPS) is 11.3. The monoisotopic (exact) mass is 301 g/mol. The van der Waals surface area contributed by atoms with Crippen LogP contribution in [-0.4, -0.2) is 25.7 Å². The first kappa shape index (κ1) is 13.7. The third kappa shape index (κ3) is 2.82. The second kappa shape index (κ2) is 5.10. The summed E-state index contributed by atoms with van der Waals surface area (Å²) in [5, 5.41) is 6.67. The van der Waals surface area contributed by atoms with Gasteiger partial charge in [-0.05, 0) is 25.1 Å². The van der Waals surface area contributed by atoms with Crippen molar-refractivity contribution in [1.29, 1.82) is 0 Å². The molecular formula is C11H12ClN3O3S. The van der Waals surface area contributed by atoms with E-state index in [2.05, 4.69) is 14.9 Å². The van der Waals surface area contributed by atoms with Crippen LogP contribution in [0.5, 0.6) is 5.75 Å². The zero-order chi connectivity index (χ0) is 14.0. The van der Waals surface area contributed by atoms with Crippen LogP contribution in [-0.2, 0) is 10.0 Å². The number of halogens is 1. The lowest BCUT2D eigenvalue weighted by Crippen LogP contribution is -2.14. The van der Waals surface area contributed by atoms with Crippen LogP contribution in [0, 0.1) is 6.92 Å². The molecule has 0 saturated carbocycles. The molecule has 0 amide bonds. The number of sulfonamides is 1. The topological polar surface area (TPSA) is 84.1 Å². The number of nitrogens with one attached hydrogen (secondary N) is 2. The van der Waals surface area contributed by atoms with Gasteiger partial charge < -0.3 is 4.74 Å². The van der Waals surface area contributed by atoms with Crippen molar-refractivity contribution in [3.05, 3.63) is 35.1 Å². The van der Waals surface area contributed by atoms with Gasteiger partial charge in [-0.1, -0.05) is 11.6 Å². The smallest absolute Gasteiger partial charge is 0.265 e. The molecule has 0 fully saturated rings. The van der Waals surface area contributed by atoms with Crippen LogP contribution in [0.4, 0.5) is 5.69 Å². The van der Waals surface area contributed by atoms with Crippen molar-refractivity contribution in [2.45, 2.75) is 11.8 Å². The fraction of sp³-hybridized carbons (Fsp3) is 0.182. The van der Waals surface area contributed by atoms with Crippen molar-refractivity contribution in [1.82, 2.24) is 10.2 Å². The molecule has 0 atom stereocenters. The Bertz CT molecular complexity index is 697. The number of benzene rings is 1. The molecule has 1 heterocycles. The number of nitrogens with zero attached hydrogens (tertiary/aromatic N) is 1. The van der Waals surface area contributed by atoms with Crippen molar-refractivity contribution < 1.29 is 13.2 Å². The molecule has 0 unspecified atom stereocenters. The highest BCUT2D eigenvalue weighted by Gasteiger charge is 2.20. The van der Waals surface area contributed by atoms with E-state index >= 15 is 0 Å². The van der Waals surface area contributed by atoms with E-state index in [0.717, 1.165) is 0 Å². The summed E-state index contributed by atoms with van der Waals surface area (Å²) in [6.45, 7) is 1.62. The second-order valence-corrected chi connectivity index (χ2v) is 5.90. The van der Waals surface area contributed by atoms with E-state index < -0.39 is 10.0 Å². The second-order valence-electron chi connectivity index (χ2n) is 3.81. The Labute approximate surface area is 115 Å². The van der Waals surface area contributed by atoms with Crippen molar-refractivity contribution in [2.24, 2.45) is 0 Å². The van der Waals surface area contributed by atoms with E-state index in [4.69, 9.17) is 16.3 Å². The maximum Gasteiger partial charge on any atom is 0.265 e. The molecule has 0 aliphatic carbocycles. The van der Waals surface area contributed by atoms with Crippen LogP contribution in [0.3, 0.4) is 0 Å². The fourth-order valence-electron chi connectivity index (χ4n) is 1.57. The number of aryl methyl sites for hydroxylation is 1. The first-order valence-corrected chi connectivity index (χ1v) is 7.16. The molecule has 0 saturated heterocycles. The van der Waals surface area contributed by atoms with Gasteiger partial charge in [0.25, 0.3) is 10.0 Å². The zero-order valence-electron chi connectivity index (χ0n) is 10.3. The number of aromatic amines is 1. The summed E-state index contributed by atoms with van der Waals surface area (Å²) >= 11 is 5.85. The average Bonchev–Trinajstić information content (AvgIpc) is 2.76. The molecule has 0 aliphatic heterocycles. The Morgan fingerprint density at radius 1 is 1.42 bits per heavy atom. The Kier molecular flexibility index (Phi) is 3.68. The Hall–Kier alpha value is -1.73. The van der Waals surface area contributed by atoms with Crippen LogP contribution in [0.2, 0.25) is 5.02 Å². The van der Waals surface area contributed by atoms with Gasteiger partial charge >= 0.3 is 0 Å². The number of hydrogen-bond donors (Lipinski definition) is 2. The van der Waals surface area contributed by atoms with Gasteiger partial charge in [-0.2, -0.15) is 5.10 Å². The molecule has 2 N–H and O–H groups in total. The SMILES string of the molecule is COc1ccc(Cl)cc1NS(=O)(=O)c1cn[nH]c1C. The molecule has 1 aromatic carbocycles. The van der Waals surface area contributed by atoms with E-state index in [1.807, 2.05) is 0 Å². The summed E-state index contributed by atoms with van der Waals surface area (Å²) in [5.41, 5.74) is 0.726. The van der Waals surface area contributed by atoms with E-state index in [0.29, 0.717) is 16.5 Å². The molecule has 2 rings (SSSR count). The molecule has 19 heavy (non-hydrogen) atoms. The summed E-state index contributed by atoms with van der Waals surface area (Å²) in [6, 6.07) is 4.68.